The van der Waals surface area contributed by atoms with Crippen molar-refractivity contribution in [3.05, 3.63) is 0 Å². The molecule has 1 heterocycles. The second-order valence-corrected chi connectivity index (χ2v) is 7.07. The quantitative estimate of drug-likeness (QED) is 0.857. The summed E-state index contributed by atoms with van der Waals surface area (Å²) in [7, 11) is 2.21. The maximum atomic E-state index is 5.60. The molecule has 1 unspecified atom stereocenters. The van der Waals surface area contributed by atoms with Crippen molar-refractivity contribution in [3.63, 3.8) is 0 Å². The molecule has 0 aromatic heterocycles. The number of ether oxygens (including phenoxy) is 1. The van der Waals surface area contributed by atoms with Gasteiger partial charge in [-0.2, -0.15) is 0 Å². The second-order valence-electron chi connectivity index (χ2n) is 7.07. The third kappa shape index (κ3) is 2.77. The molecule has 2 saturated carbocycles. The number of hydrogen-bond acceptors (Lipinski definition) is 3. The highest BCUT2D eigenvalue weighted by Gasteiger charge is 2.48. The fourth-order valence-electron chi connectivity index (χ4n) is 5.23. The normalized spacial score (nSPS) is 30.4. The summed E-state index contributed by atoms with van der Waals surface area (Å²) in [5, 5.41) is 3.77. The molecule has 3 rings (SSSR count). The highest BCUT2D eigenvalue weighted by molar-refractivity contribution is 5.06. The Balaban J connectivity index is 1.79. The third-order valence-corrected chi connectivity index (χ3v) is 6.12. The average molecular weight is 280 g/mol. The molecule has 116 valence electrons. The van der Waals surface area contributed by atoms with Crippen LogP contribution in [-0.2, 0) is 4.74 Å². The summed E-state index contributed by atoms with van der Waals surface area (Å²) in [6.45, 7) is 4.15. The van der Waals surface area contributed by atoms with E-state index in [1.165, 1.54) is 57.8 Å². The van der Waals surface area contributed by atoms with E-state index in [1.54, 1.807) is 0 Å². The molecule has 3 nitrogen and oxygen atoms in total. The molecule has 3 aliphatic rings. The van der Waals surface area contributed by atoms with E-state index in [-0.39, 0.29) is 0 Å². The highest BCUT2D eigenvalue weighted by atomic mass is 16.5. The van der Waals surface area contributed by atoms with Crippen molar-refractivity contribution in [2.24, 2.45) is 5.92 Å². The summed E-state index contributed by atoms with van der Waals surface area (Å²) in [4.78, 5) is 2.79. The summed E-state index contributed by atoms with van der Waals surface area (Å²) < 4.78 is 5.60. The van der Waals surface area contributed by atoms with Crippen molar-refractivity contribution in [1.29, 1.82) is 0 Å². The molecule has 0 radical (unpaired) electrons. The lowest BCUT2D eigenvalue weighted by atomic mass is 9.73. The second kappa shape index (κ2) is 6.76. The molecule has 20 heavy (non-hydrogen) atoms. The minimum absolute atomic E-state index is 0.431. The smallest absolute Gasteiger partial charge is 0.0594 e. The van der Waals surface area contributed by atoms with Gasteiger partial charge in [0, 0.05) is 24.7 Å². The first-order valence-electron chi connectivity index (χ1n) is 8.87. The molecule has 1 aliphatic heterocycles. The first kappa shape index (κ1) is 14.8. The Morgan fingerprint density at radius 3 is 2.25 bits per heavy atom. The van der Waals surface area contributed by atoms with E-state index in [4.69, 9.17) is 4.74 Å². The number of rotatable bonds is 4. The molecule has 2 aliphatic carbocycles. The molecule has 0 aromatic carbocycles. The fourth-order valence-corrected chi connectivity index (χ4v) is 5.23. The number of nitrogens with one attached hydrogen (secondary N) is 1. The first-order valence-corrected chi connectivity index (χ1v) is 8.87. The summed E-state index contributed by atoms with van der Waals surface area (Å²) >= 11 is 0. The van der Waals surface area contributed by atoms with Crippen LogP contribution in [0.1, 0.15) is 57.8 Å². The summed E-state index contributed by atoms with van der Waals surface area (Å²) in [6, 6.07) is 0.698. The van der Waals surface area contributed by atoms with Gasteiger partial charge in [-0.05, 0) is 38.6 Å². The molecule has 0 spiro atoms. The number of likely N-dealkylation sites (N-methyl/N-ethyl adjacent to an activating group) is 1. The van der Waals surface area contributed by atoms with E-state index >= 15 is 0 Å². The Labute approximate surface area is 124 Å². The van der Waals surface area contributed by atoms with Crippen LogP contribution in [0.3, 0.4) is 0 Å². The summed E-state index contributed by atoms with van der Waals surface area (Å²) in [6.07, 6.45) is 12.9. The standard InChI is InChI=1S/C17H32N2O/c1-18-16(15-7-3-2-4-8-15)17(9-5-6-10-17)19-11-13-20-14-12-19/h15-16,18H,2-14H2,1H3. The molecule has 1 saturated heterocycles. The molecular formula is C17H32N2O. The predicted octanol–water partition coefficient (Wildman–Crippen LogP) is 2.80. The van der Waals surface area contributed by atoms with Crippen molar-refractivity contribution in [2.45, 2.75) is 69.4 Å². The van der Waals surface area contributed by atoms with Gasteiger partial charge in [-0.25, -0.2) is 0 Å². The molecule has 0 bridgehead atoms. The van der Waals surface area contributed by atoms with Crippen LogP contribution in [0.25, 0.3) is 0 Å². The van der Waals surface area contributed by atoms with Crippen LogP contribution >= 0.6 is 0 Å². The molecular weight excluding hydrogens is 248 g/mol. The van der Waals surface area contributed by atoms with E-state index in [9.17, 15) is 0 Å². The van der Waals surface area contributed by atoms with Crippen LogP contribution in [0, 0.1) is 5.92 Å². The Hall–Kier alpha value is -0.120. The van der Waals surface area contributed by atoms with Gasteiger partial charge in [0.05, 0.1) is 13.2 Å². The van der Waals surface area contributed by atoms with Gasteiger partial charge in [-0.1, -0.05) is 32.1 Å². The lowest BCUT2D eigenvalue weighted by molar-refractivity contribution is -0.0462. The molecule has 3 fully saturated rings. The minimum Gasteiger partial charge on any atom is -0.379 e. The first-order chi connectivity index (χ1) is 9.87. The molecule has 0 aromatic rings. The van der Waals surface area contributed by atoms with Gasteiger partial charge in [0.1, 0.15) is 0 Å². The largest absolute Gasteiger partial charge is 0.379 e. The monoisotopic (exact) mass is 280 g/mol. The van der Waals surface area contributed by atoms with Crippen molar-refractivity contribution in [1.82, 2.24) is 10.2 Å². The average Bonchev–Trinajstić information content (AvgIpc) is 3.01. The van der Waals surface area contributed by atoms with Crippen LogP contribution in [0.5, 0.6) is 0 Å². The number of morpholine rings is 1. The lowest BCUT2D eigenvalue weighted by Gasteiger charge is -2.51. The molecule has 1 N–H and O–H groups in total. The van der Waals surface area contributed by atoms with Crippen LogP contribution in [-0.4, -0.2) is 49.8 Å². The minimum atomic E-state index is 0.431. The van der Waals surface area contributed by atoms with E-state index in [0.717, 1.165) is 32.2 Å². The van der Waals surface area contributed by atoms with Gasteiger partial charge >= 0.3 is 0 Å². The zero-order chi connectivity index (χ0) is 13.8. The fraction of sp³-hybridized carbons (Fsp3) is 1.00. The van der Waals surface area contributed by atoms with Crippen LogP contribution < -0.4 is 5.32 Å². The zero-order valence-electron chi connectivity index (χ0n) is 13.2. The van der Waals surface area contributed by atoms with Gasteiger partial charge in [0.15, 0.2) is 0 Å². The maximum absolute atomic E-state index is 5.60. The topological polar surface area (TPSA) is 24.5 Å². The van der Waals surface area contributed by atoms with Crippen LogP contribution in [0.4, 0.5) is 0 Å². The lowest BCUT2D eigenvalue weighted by Crippen LogP contribution is -2.64. The predicted molar refractivity (Wildman–Crippen MR) is 83.0 cm³/mol. The maximum Gasteiger partial charge on any atom is 0.0594 e. The zero-order valence-corrected chi connectivity index (χ0v) is 13.2. The van der Waals surface area contributed by atoms with Gasteiger partial charge < -0.3 is 10.1 Å². The highest BCUT2D eigenvalue weighted by Crippen LogP contribution is 2.43. The van der Waals surface area contributed by atoms with Gasteiger partial charge in [0.2, 0.25) is 0 Å². The number of nitrogens with zero attached hydrogens (tertiary/aromatic N) is 1. The summed E-state index contributed by atoms with van der Waals surface area (Å²) in [5.41, 5.74) is 0.431. The van der Waals surface area contributed by atoms with E-state index < -0.39 is 0 Å². The molecule has 0 amide bonds. The SMILES string of the molecule is CNC(C1CCCCC1)C1(N2CCOCC2)CCCC1. The van der Waals surface area contributed by atoms with E-state index in [0.29, 0.717) is 11.6 Å². The number of hydrogen-bond donors (Lipinski definition) is 1. The van der Waals surface area contributed by atoms with Gasteiger partial charge in [-0.15, -0.1) is 0 Å². The third-order valence-electron chi connectivity index (χ3n) is 6.12. The van der Waals surface area contributed by atoms with Crippen molar-refractivity contribution < 1.29 is 4.74 Å². The van der Waals surface area contributed by atoms with Crippen molar-refractivity contribution in [2.75, 3.05) is 33.4 Å². The van der Waals surface area contributed by atoms with Crippen molar-refractivity contribution >= 4 is 0 Å². The molecule has 1 atom stereocenters. The Bertz CT molecular complexity index is 289. The van der Waals surface area contributed by atoms with Crippen LogP contribution in [0.15, 0.2) is 0 Å². The van der Waals surface area contributed by atoms with Gasteiger partial charge in [0.25, 0.3) is 0 Å². The Kier molecular flexibility index (Phi) is 5.00. The Morgan fingerprint density at radius 2 is 1.65 bits per heavy atom. The summed E-state index contributed by atoms with van der Waals surface area (Å²) in [5.74, 6) is 0.898. The molecule has 3 heteroatoms. The van der Waals surface area contributed by atoms with Gasteiger partial charge in [-0.3, -0.25) is 4.90 Å². The van der Waals surface area contributed by atoms with Crippen LogP contribution in [0.2, 0.25) is 0 Å². The Morgan fingerprint density at radius 1 is 1.00 bits per heavy atom. The van der Waals surface area contributed by atoms with E-state index in [1.807, 2.05) is 0 Å². The van der Waals surface area contributed by atoms with Crippen molar-refractivity contribution in [3.8, 4) is 0 Å². The van der Waals surface area contributed by atoms with E-state index in [2.05, 4.69) is 17.3 Å².